The van der Waals surface area contributed by atoms with E-state index in [1.165, 1.54) is 6.07 Å². The maximum Gasteiger partial charge on any atom is 0.229 e. The van der Waals surface area contributed by atoms with E-state index in [2.05, 4.69) is 20.9 Å². The molecule has 0 spiro atoms. The Labute approximate surface area is 215 Å². The number of hydrogen-bond acceptors (Lipinski definition) is 8. The van der Waals surface area contributed by atoms with Crippen LogP contribution in [0.25, 0.3) is 39.7 Å². The third-order valence-electron chi connectivity index (χ3n) is 7.34. The van der Waals surface area contributed by atoms with Crippen LogP contribution in [0.2, 0.25) is 0 Å². The lowest BCUT2D eigenvalue weighted by molar-refractivity contribution is 0.122. The van der Waals surface area contributed by atoms with Gasteiger partial charge in [-0.05, 0) is 41.3 Å². The van der Waals surface area contributed by atoms with Gasteiger partial charge in [-0.25, -0.2) is 19.3 Å². The van der Waals surface area contributed by atoms with E-state index in [9.17, 15) is 8.60 Å². The zero-order valence-corrected chi connectivity index (χ0v) is 21.1. The minimum absolute atomic E-state index is 0.206. The molecule has 0 N–H and O–H groups in total. The van der Waals surface area contributed by atoms with Crippen molar-refractivity contribution in [2.45, 2.75) is 13.0 Å². The van der Waals surface area contributed by atoms with Gasteiger partial charge >= 0.3 is 0 Å². The predicted octanol–water partition coefficient (Wildman–Crippen LogP) is 3.55. The Kier molecular flexibility index (Phi) is 5.75. The molecule has 0 unspecified atom stereocenters. The first-order valence-electron chi connectivity index (χ1n) is 12.6. The smallest absolute Gasteiger partial charge is 0.229 e. The van der Waals surface area contributed by atoms with E-state index in [0.29, 0.717) is 78.2 Å². The quantitative estimate of drug-likeness (QED) is 0.405. The lowest BCUT2D eigenvalue weighted by Crippen LogP contribution is -2.37. The monoisotopic (exact) mass is 519 g/mol. The summed E-state index contributed by atoms with van der Waals surface area (Å²) in [5, 5.41) is 0.834. The highest BCUT2D eigenvalue weighted by Crippen LogP contribution is 2.37. The topological polar surface area (TPSA) is 84.6 Å². The number of furan rings is 1. The minimum atomic E-state index is -0.712. The summed E-state index contributed by atoms with van der Waals surface area (Å²) in [5.74, 6) is 2.47. The Morgan fingerprint density at radius 3 is 2.76 bits per heavy atom. The third kappa shape index (κ3) is 4.13. The van der Waals surface area contributed by atoms with Gasteiger partial charge in [0.1, 0.15) is 11.3 Å². The number of allylic oxidation sites excluding steroid dienone is 1. The van der Waals surface area contributed by atoms with E-state index in [1.807, 2.05) is 18.3 Å². The number of halogens is 1. The van der Waals surface area contributed by atoms with Gasteiger partial charge in [-0.2, -0.15) is 0 Å². The lowest BCUT2D eigenvalue weighted by atomic mass is 10.0. The molecule has 0 radical (unpaired) electrons. The molecule has 0 saturated carbocycles. The zero-order chi connectivity index (χ0) is 24.9. The molecule has 3 aliphatic rings. The van der Waals surface area contributed by atoms with Crippen LogP contribution in [0.1, 0.15) is 16.7 Å². The Morgan fingerprint density at radius 1 is 1.08 bits per heavy atom. The maximum absolute atomic E-state index is 14.5. The van der Waals surface area contributed by atoms with Crippen LogP contribution in [0, 0.1) is 5.82 Å². The predicted molar refractivity (Wildman–Crippen MR) is 141 cm³/mol. The Balaban J connectivity index is 1.38. The fourth-order valence-corrected chi connectivity index (χ4v) is 6.50. The van der Waals surface area contributed by atoms with Gasteiger partial charge in [0.25, 0.3) is 0 Å². The van der Waals surface area contributed by atoms with Crippen molar-refractivity contribution < 1.29 is 17.8 Å². The van der Waals surface area contributed by atoms with Crippen LogP contribution < -0.4 is 4.90 Å². The van der Waals surface area contributed by atoms with Crippen molar-refractivity contribution in [1.82, 2.24) is 19.9 Å². The number of benzene rings is 1. The number of rotatable bonds is 4. The van der Waals surface area contributed by atoms with E-state index in [-0.39, 0.29) is 5.82 Å². The Hall–Kier alpha value is -3.21. The molecule has 0 bridgehead atoms. The molecule has 2 saturated heterocycles. The van der Waals surface area contributed by atoms with Crippen LogP contribution in [-0.2, 0) is 28.5 Å². The van der Waals surface area contributed by atoms with E-state index in [4.69, 9.17) is 19.1 Å². The highest BCUT2D eigenvalue weighted by Gasteiger charge is 2.25. The van der Waals surface area contributed by atoms with Gasteiger partial charge in [0, 0.05) is 66.8 Å². The molecule has 1 aromatic carbocycles. The van der Waals surface area contributed by atoms with E-state index < -0.39 is 10.8 Å². The average Bonchev–Trinajstić information content (AvgIpc) is 3.56. The van der Waals surface area contributed by atoms with Gasteiger partial charge in [-0.3, -0.25) is 9.11 Å². The first kappa shape index (κ1) is 22.9. The Morgan fingerprint density at radius 2 is 1.92 bits per heavy atom. The SMILES string of the molecule is O=S1CCN(Cc2cnc3oc4c(N5CCOCC5)nc(-c5ccc(F)c6c5C=CC6)nc4c3c2)CC1. The molecule has 190 valence electrons. The van der Waals surface area contributed by atoms with Gasteiger partial charge in [-0.1, -0.05) is 12.2 Å². The fraction of sp³-hybridized carbons (Fsp3) is 0.370. The molecule has 1 aliphatic carbocycles. The van der Waals surface area contributed by atoms with Gasteiger partial charge in [0.05, 0.1) is 18.6 Å². The van der Waals surface area contributed by atoms with Crippen LogP contribution >= 0.6 is 0 Å². The van der Waals surface area contributed by atoms with Crippen LogP contribution in [0.4, 0.5) is 10.2 Å². The number of anilines is 1. The summed E-state index contributed by atoms with van der Waals surface area (Å²) in [5.41, 5.74) is 5.20. The summed E-state index contributed by atoms with van der Waals surface area (Å²) < 4.78 is 38.1. The number of nitrogens with zero attached hydrogens (tertiary/aromatic N) is 5. The molecule has 37 heavy (non-hydrogen) atoms. The molecule has 3 aromatic heterocycles. The van der Waals surface area contributed by atoms with Gasteiger partial charge in [0.15, 0.2) is 17.2 Å². The van der Waals surface area contributed by atoms with Gasteiger partial charge < -0.3 is 14.1 Å². The molecule has 0 atom stereocenters. The summed E-state index contributed by atoms with van der Waals surface area (Å²) in [6, 6.07) is 5.36. The molecule has 2 fully saturated rings. The molecule has 10 heteroatoms. The second-order valence-electron chi connectivity index (χ2n) is 9.66. The van der Waals surface area contributed by atoms with Crippen molar-refractivity contribution in [3.05, 3.63) is 53.0 Å². The summed E-state index contributed by atoms with van der Waals surface area (Å²) in [7, 11) is -0.712. The Bertz CT molecular complexity index is 1570. The van der Waals surface area contributed by atoms with Crippen LogP contribution in [-0.4, -0.2) is 75.0 Å². The average molecular weight is 520 g/mol. The number of ether oxygens (including phenoxy) is 1. The van der Waals surface area contributed by atoms with Crippen molar-refractivity contribution in [3.63, 3.8) is 0 Å². The number of aromatic nitrogens is 3. The number of hydrogen-bond donors (Lipinski definition) is 0. The van der Waals surface area contributed by atoms with Crippen LogP contribution in [0.5, 0.6) is 0 Å². The highest BCUT2D eigenvalue weighted by molar-refractivity contribution is 7.85. The fourth-order valence-electron chi connectivity index (χ4n) is 5.37. The highest BCUT2D eigenvalue weighted by atomic mass is 32.2. The van der Waals surface area contributed by atoms with Crippen molar-refractivity contribution in [1.29, 1.82) is 0 Å². The van der Waals surface area contributed by atoms with Crippen molar-refractivity contribution >= 4 is 44.9 Å². The lowest BCUT2D eigenvalue weighted by Gasteiger charge is -2.28. The molecular weight excluding hydrogens is 493 g/mol. The van der Waals surface area contributed by atoms with Crippen molar-refractivity contribution in [2.75, 3.05) is 55.8 Å². The van der Waals surface area contributed by atoms with E-state index >= 15 is 0 Å². The second kappa shape index (κ2) is 9.27. The van der Waals surface area contributed by atoms with Crippen molar-refractivity contribution in [2.24, 2.45) is 0 Å². The van der Waals surface area contributed by atoms with Crippen molar-refractivity contribution in [3.8, 4) is 11.4 Å². The summed E-state index contributed by atoms with van der Waals surface area (Å²) in [6.07, 6.45) is 6.34. The first-order chi connectivity index (χ1) is 18.1. The molecule has 7 rings (SSSR count). The number of morpholine rings is 1. The largest absolute Gasteiger partial charge is 0.432 e. The normalized spacial score (nSPS) is 18.8. The zero-order valence-electron chi connectivity index (χ0n) is 20.3. The first-order valence-corrected chi connectivity index (χ1v) is 14.1. The third-order valence-corrected chi connectivity index (χ3v) is 8.62. The minimum Gasteiger partial charge on any atom is -0.432 e. The summed E-state index contributed by atoms with van der Waals surface area (Å²) in [4.78, 5) is 19.0. The van der Waals surface area contributed by atoms with Crippen LogP contribution in [0.3, 0.4) is 0 Å². The molecule has 4 aromatic rings. The molecule has 8 nitrogen and oxygen atoms in total. The maximum atomic E-state index is 14.5. The number of fused-ring (bicyclic) bond motifs is 4. The summed E-state index contributed by atoms with van der Waals surface area (Å²) in [6.45, 7) is 4.97. The second-order valence-corrected chi connectivity index (χ2v) is 11.4. The summed E-state index contributed by atoms with van der Waals surface area (Å²) >= 11 is 0. The van der Waals surface area contributed by atoms with E-state index in [1.54, 1.807) is 6.07 Å². The molecule has 0 amide bonds. The van der Waals surface area contributed by atoms with Gasteiger partial charge in [-0.15, -0.1) is 0 Å². The number of pyridine rings is 1. The van der Waals surface area contributed by atoms with Gasteiger partial charge in [0.2, 0.25) is 5.71 Å². The molecular formula is C27H26FN5O3S. The standard InChI is InChI=1S/C27H26FN5O3S/c28-22-5-4-20(18-2-1-3-19(18)22)25-30-23-21-14-17(16-32-8-12-37(34)13-9-32)15-29-27(21)36-24(23)26(31-25)33-6-10-35-11-7-33/h1-2,4-5,14-15H,3,6-13,16H2. The van der Waals surface area contributed by atoms with Crippen LogP contribution in [0.15, 0.2) is 34.9 Å². The molecule has 5 heterocycles. The van der Waals surface area contributed by atoms with E-state index in [0.717, 1.165) is 41.7 Å². The molecule has 2 aliphatic heterocycles.